The van der Waals surface area contributed by atoms with Crippen LogP contribution in [0.15, 0.2) is 46.9 Å². The second-order valence-electron chi connectivity index (χ2n) is 4.50. The molecular formula is C15H8Cl2FN3O2. The van der Waals surface area contributed by atoms with Gasteiger partial charge in [-0.15, -0.1) is 10.2 Å². The van der Waals surface area contributed by atoms with Crippen molar-refractivity contribution in [3.8, 4) is 11.5 Å². The van der Waals surface area contributed by atoms with Crippen molar-refractivity contribution in [2.75, 3.05) is 5.32 Å². The first-order chi connectivity index (χ1) is 11.0. The average molecular weight is 352 g/mol. The molecule has 1 aromatic heterocycles. The number of hydrogen-bond donors (Lipinski definition) is 1. The molecule has 8 heteroatoms. The molecule has 0 aliphatic heterocycles. The molecule has 3 aromatic rings. The Morgan fingerprint density at radius 2 is 1.96 bits per heavy atom. The van der Waals surface area contributed by atoms with Gasteiger partial charge >= 0.3 is 11.8 Å². The van der Waals surface area contributed by atoms with E-state index in [4.69, 9.17) is 27.6 Å². The number of benzene rings is 2. The van der Waals surface area contributed by atoms with E-state index in [-0.39, 0.29) is 11.8 Å². The summed E-state index contributed by atoms with van der Waals surface area (Å²) >= 11 is 11.8. The van der Waals surface area contributed by atoms with Crippen LogP contribution in [0, 0.1) is 5.82 Å². The number of nitrogens with zero attached hydrogens (tertiary/aromatic N) is 2. The fraction of sp³-hybridized carbons (Fsp3) is 0. The average Bonchev–Trinajstić information content (AvgIpc) is 3.01. The van der Waals surface area contributed by atoms with Gasteiger partial charge in [0, 0.05) is 10.6 Å². The minimum atomic E-state index is -0.649. The van der Waals surface area contributed by atoms with E-state index in [1.54, 1.807) is 18.2 Å². The van der Waals surface area contributed by atoms with Crippen molar-refractivity contribution in [2.45, 2.75) is 0 Å². The molecule has 0 spiro atoms. The highest BCUT2D eigenvalue weighted by atomic mass is 35.5. The Hall–Kier alpha value is -2.44. The largest absolute Gasteiger partial charge is 0.412 e. The number of aromatic nitrogens is 2. The molecule has 0 saturated heterocycles. The number of anilines is 1. The molecule has 0 fully saturated rings. The van der Waals surface area contributed by atoms with E-state index in [2.05, 4.69) is 15.5 Å². The van der Waals surface area contributed by atoms with Gasteiger partial charge in [-0.05, 0) is 36.4 Å². The summed E-state index contributed by atoms with van der Waals surface area (Å²) in [6.45, 7) is 0. The maximum absolute atomic E-state index is 13.2. The highest BCUT2D eigenvalue weighted by molar-refractivity contribution is 6.35. The van der Waals surface area contributed by atoms with Crippen LogP contribution < -0.4 is 5.32 Å². The highest BCUT2D eigenvalue weighted by Crippen LogP contribution is 2.26. The Bertz CT molecular complexity index is 883. The van der Waals surface area contributed by atoms with Crippen LogP contribution in [0.4, 0.5) is 10.1 Å². The van der Waals surface area contributed by atoms with Crippen LogP contribution in [0.2, 0.25) is 10.0 Å². The Balaban J connectivity index is 1.82. The standard InChI is InChI=1S/C15H8Cl2FN3O2/c16-9-4-5-11(17)12(7-9)19-13(22)15-21-20-14(23-15)8-2-1-3-10(18)6-8/h1-7H,(H,19,22). The molecule has 0 bridgehead atoms. The predicted molar refractivity (Wildman–Crippen MR) is 84.1 cm³/mol. The molecule has 0 atom stereocenters. The van der Waals surface area contributed by atoms with Crippen LogP contribution in [0.3, 0.4) is 0 Å². The fourth-order valence-corrected chi connectivity index (χ4v) is 2.16. The van der Waals surface area contributed by atoms with E-state index in [9.17, 15) is 9.18 Å². The normalized spacial score (nSPS) is 10.6. The lowest BCUT2D eigenvalue weighted by Crippen LogP contribution is -2.12. The third-order valence-corrected chi connectivity index (χ3v) is 3.43. The van der Waals surface area contributed by atoms with E-state index in [1.165, 1.54) is 24.3 Å². The molecule has 1 N–H and O–H groups in total. The summed E-state index contributed by atoms with van der Waals surface area (Å²) < 4.78 is 18.4. The molecule has 1 amide bonds. The van der Waals surface area contributed by atoms with Gasteiger partial charge in [0.1, 0.15) is 5.82 Å². The molecule has 2 aromatic carbocycles. The van der Waals surface area contributed by atoms with Gasteiger partial charge in [-0.3, -0.25) is 4.79 Å². The number of rotatable bonds is 3. The molecule has 1 heterocycles. The summed E-state index contributed by atoms with van der Waals surface area (Å²) in [5, 5.41) is 10.6. The van der Waals surface area contributed by atoms with Crippen molar-refractivity contribution >= 4 is 34.8 Å². The molecule has 23 heavy (non-hydrogen) atoms. The lowest BCUT2D eigenvalue weighted by Gasteiger charge is -2.05. The Kier molecular flexibility index (Phi) is 4.27. The summed E-state index contributed by atoms with van der Waals surface area (Å²) in [4.78, 5) is 12.1. The van der Waals surface area contributed by atoms with Crippen LogP contribution in [-0.2, 0) is 0 Å². The van der Waals surface area contributed by atoms with Crippen LogP contribution in [0.5, 0.6) is 0 Å². The Labute approximate surface area is 140 Å². The summed E-state index contributed by atoms with van der Waals surface area (Å²) in [5.74, 6) is -1.34. The number of carbonyl (C=O) groups excluding carboxylic acids is 1. The quantitative estimate of drug-likeness (QED) is 0.757. The number of hydrogen-bond acceptors (Lipinski definition) is 4. The lowest BCUT2D eigenvalue weighted by molar-refractivity contribution is 0.0991. The van der Waals surface area contributed by atoms with Crippen molar-refractivity contribution in [3.05, 3.63) is 64.2 Å². The number of amides is 1. The van der Waals surface area contributed by atoms with Crippen LogP contribution in [-0.4, -0.2) is 16.1 Å². The monoisotopic (exact) mass is 351 g/mol. The molecule has 5 nitrogen and oxygen atoms in total. The van der Waals surface area contributed by atoms with E-state index in [0.29, 0.717) is 21.3 Å². The lowest BCUT2D eigenvalue weighted by atomic mass is 10.2. The maximum atomic E-state index is 13.2. The van der Waals surface area contributed by atoms with Gasteiger partial charge in [0.05, 0.1) is 10.7 Å². The van der Waals surface area contributed by atoms with Crippen molar-refractivity contribution < 1.29 is 13.6 Å². The zero-order valence-corrected chi connectivity index (χ0v) is 12.9. The van der Waals surface area contributed by atoms with Gasteiger partial charge in [-0.1, -0.05) is 29.3 Å². The third-order valence-electron chi connectivity index (χ3n) is 2.87. The SMILES string of the molecule is O=C(Nc1cc(Cl)ccc1Cl)c1nnc(-c2cccc(F)c2)o1. The molecule has 0 aliphatic carbocycles. The Morgan fingerprint density at radius 3 is 2.74 bits per heavy atom. The summed E-state index contributed by atoms with van der Waals surface area (Å²) in [7, 11) is 0. The van der Waals surface area contributed by atoms with Crippen molar-refractivity contribution in [1.29, 1.82) is 0 Å². The number of halogens is 3. The molecule has 3 rings (SSSR count). The van der Waals surface area contributed by atoms with Gasteiger partial charge < -0.3 is 9.73 Å². The van der Waals surface area contributed by atoms with Crippen LogP contribution in [0.1, 0.15) is 10.7 Å². The van der Waals surface area contributed by atoms with Crippen molar-refractivity contribution in [3.63, 3.8) is 0 Å². The zero-order valence-electron chi connectivity index (χ0n) is 11.4. The first kappa shape index (κ1) is 15.5. The number of carbonyl (C=O) groups is 1. The van der Waals surface area contributed by atoms with Gasteiger partial charge in [0.25, 0.3) is 0 Å². The molecule has 0 aliphatic rings. The molecular weight excluding hydrogens is 344 g/mol. The predicted octanol–water partition coefficient (Wildman–Crippen LogP) is 4.43. The molecule has 0 saturated carbocycles. The first-order valence-corrected chi connectivity index (χ1v) is 7.14. The van der Waals surface area contributed by atoms with E-state index in [0.717, 1.165) is 0 Å². The zero-order chi connectivity index (χ0) is 16.4. The van der Waals surface area contributed by atoms with Crippen molar-refractivity contribution in [1.82, 2.24) is 10.2 Å². The molecule has 116 valence electrons. The van der Waals surface area contributed by atoms with Gasteiger partial charge in [-0.2, -0.15) is 0 Å². The second-order valence-corrected chi connectivity index (χ2v) is 5.34. The second kappa shape index (κ2) is 6.36. The van der Waals surface area contributed by atoms with Crippen LogP contribution in [0.25, 0.3) is 11.5 Å². The third kappa shape index (κ3) is 3.49. The Morgan fingerprint density at radius 1 is 1.13 bits per heavy atom. The highest BCUT2D eigenvalue weighted by Gasteiger charge is 2.17. The summed E-state index contributed by atoms with van der Waals surface area (Å²) in [5.41, 5.74) is 0.687. The fourth-order valence-electron chi connectivity index (χ4n) is 1.82. The van der Waals surface area contributed by atoms with Crippen LogP contribution >= 0.6 is 23.2 Å². The van der Waals surface area contributed by atoms with E-state index < -0.39 is 11.7 Å². The smallest absolute Gasteiger partial charge is 0.313 e. The molecule has 0 unspecified atom stereocenters. The van der Waals surface area contributed by atoms with Gasteiger partial charge in [0.2, 0.25) is 5.89 Å². The number of nitrogens with one attached hydrogen (secondary N) is 1. The van der Waals surface area contributed by atoms with Gasteiger partial charge in [0.15, 0.2) is 0 Å². The first-order valence-electron chi connectivity index (χ1n) is 6.39. The summed E-state index contributed by atoms with van der Waals surface area (Å²) in [6, 6.07) is 10.2. The minimum absolute atomic E-state index is 0.0341. The van der Waals surface area contributed by atoms with E-state index >= 15 is 0 Å². The maximum Gasteiger partial charge on any atom is 0.313 e. The van der Waals surface area contributed by atoms with E-state index in [1.807, 2.05) is 0 Å². The van der Waals surface area contributed by atoms with Crippen molar-refractivity contribution in [2.24, 2.45) is 0 Å². The summed E-state index contributed by atoms with van der Waals surface area (Å²) in [6.07, 6.45) is 0. The molecule has 0 radical (unpaired) electrons. The van der Waals surface area contributed by atoms with Gasteiger partial charge in [-0.25, -0.2) is 4.39 Å². The topological polar surface area (TPSA) is 68.0 Å². The minimum Gasteiger partial charge on any atom is -0.412 e.